The Bertz CT molecular complexity index is 384. The van der Waals surface area contributed by atoms with Gasteiger partial charge in [-0.25, -0.2) is 4.79 Å². The number of esters is 1. The van der Waals surface area contributed by atoms with Gasteiger partial charge in [-0.1, -0.05) is 0 Å². The second kappa shape index (κ2) is 4.57. The maximum atomic E-state index is 11.2. The minimum atomic E-state index is -0.462. The molecule has 2 N–H and O–H groups in total. The van der Waals surface area contributed by atoms with Crippen LogP contribution < -0.4 is 11.3 Å². The maximum absolute atomic E-state index is 11.2. The molecule has 1 aromatic heterocycles. The van der Waals surface area contributed by atoms with Crippen LogP contribution in [0.5, 0.6) is 0 Å². The summed E-state index contributed by atoms with van der Waals surface area (Å²) in [7, 11) is 1.29. The van der Waals surface area contributed by atoms with Crippen molar-refractivity contribution >= 4 is 5.97 Å². The summed E-state index contributed by atoms with van der Waals surface area (Å²) in [5.41, 5.74) is 5.48. The van der Waals surface area contributed by atoms with Crippen LogP contribution in [0.2, 0.25) is 0 Å². The number of nitrogens with two attached hydrogens (primary N) is 1. The van der Waals surface area contributed by atoms with E-state index >= 15 is 0 Å². The minimum absolute atomic E-state index is 0.178. The topological polar surface area (TPSA) is 74.3 Å². The summed E-state index contributed by atoms with van der Waals surface area (Å²) in [6.07, 6.45) is 1.45. The summed E-state index contributed by atoms with van der Waals surface area (Å²) in [4.78, 5) is 22.3. The lowest BCUT2D eigenvalue weighted by Crippen LogP contribution is -2.24. The van der Waals surface area contributed by atoms with Crippen LogP contribution in [0.1, 0.15) is 10.4 Å². The lowest BCUT2D eigenvalue weighted by atomic mass is 10.3. The van der Waals surface area contributed by atoms with Crippen LogP contribution in [-0.4, -0.2) is 24.2 Å². The maximum Gasteiger partial charge on any atom is 0.339 e. The van der Waals surface area contributed by atoms with Crippen molar-refractivity contribution in [2.24, 2.45) is 5.73 Å². The molecule has 0 aliphatic carbocycles. The number of carbonyl (C=O) groups excluding carboxylic acids is 1. The number of nitrogens with zero attached hydrogens (tertiary/aromatic N) is 1. The fraction of sp³-hybridized carbons (Fsp3) is 0.333. The summed E-state index contributed by atoms with van der Waals surface area (Å²) in [5.74, 6) is -0.462. The molecular weight excluding hydrogens is 184 g/mol. The fourth-order valence-corrected chi connectivity index (χ4v) is 1.08. The standard InChI is InChI=1S/C9H12N2O3/c1-14-9(13)7-2-3-8(12)11(6-7)5-4-10/h2-3,6H,4-5,10H2,1H3. The summed E-state index contributed by atoms with van der Waals surface area (Å²) >= 11 is 0. The summed E-state index contributed by atoms with van der Waals surface area (Å²) in [5, 5.41) is 0. The number of aromatic nitrogens is 1. The molecule has 1 aromatic rings. The van der Waals surface area contributed by atoms with E-state index < -0.39 is 5.97 Å². The molecule has 0 bridgehead atoms. The van der Waals surface area contributed by atoms with Crippen LogP contribution in [-0.2, 0) is 11.3 Å². The van der Waals surface area contributed by atoms with Crippen LogP contribution in [0.25, 0.3) is 0 Å². The zero-order chi connectivity index (χ0) is 10.6. The molecule has 0 aliphatic rings. The predicted molar refractivity (Wildman–Crippen MR) is 51.1 cm³/mol. The van der Waals surface area contributed by atoms with E-state index in [-0.39, 0.29) is 5.56 Å². The summed E-state index contributed by atoms with van der Waals surface area (Å²) in [6, 6.07) is 2.75. The minimum Gasteiger partial charge on any atom is -0.465 e. The second-order valence-electron chi connectivity index (χ2n) is 2.73. The third-order valence-electron chi connectivity index (χ3n) is 1.77. The van der Waals surface area contributed by atoms with Crippen LogP contribution >= 0.6 is 0 Å². The molecule has 0 fully saturated rings. The monoisotopic (exact) mass is 196 g/mol. The Hall–Kier alpha value is -1.62. The Morgan fingerprint density at radius 2 is 2.29 bits per heavy atom. The molecule has 0 saturated carbocycles. The molecule has 0 unspecified atom stereocenters. The molecule has 76 valence electrons. The van der Waals surface area contributed by atoms with Gasteiger partial charge in [0.1, 0.15) is 0 Å². The van der Waals surface area contributed by atoms with Crippen molar-refractivity contribution in [3.63, 3.8) is 0 Å². The van der Waals surface area contributed by atoms with E-state index in [2.05, 4.69) is 4.74 Å². The van der Waals surface area contributed by atoms with Gasteiger partial charge in [0.15, 0.2) is 0 Å². The molecular formula is C9H12N2O3. The average molecular weight is 196 g/mol. The molecule has 0 aromatic carbocycles. The van der Waals surface area contributed by atoms with Crippen molar-refractivity contribution in [3.05, 3.63) is 34.2 Å². The highest BCUT2D eigenvalue weighted by molar-refractivity contribution is 5.88. The largest absolute Gasteiger partial charge is 0.465 e. The van der Waals surface area contributed by atoms with E-state index in [1.165, 1.54) is 30.0 Å². The lowest BCUT2D eigenvalue weighted by Gasteiger charge is -2.04. The molecule has 0 atom stereocenters. The van der Waals surface area contributed by atoms with Crippen molar-refractivity contribution in [1.82, 2.24) is 4.57 Å². The molecule has 5 heteroatoms. The third kappa shape index (κ3) is 2.20. The average Bonchev–Trinajstić information content (AvgIpc) is 2.20. The summed E-state index contributed by atoms with van der Waals surface area (Å²) < 4.78 is 5.90. The molecule has 0 saturated heterocycles. The van der Waals surface area contributed by atoms with Crippen molar-refractivity contribution < 1.29 is 9.53 Å². The fourth-order valence-electron chi connectivity index (χ4n) is 1.08. The van der Waals surface area contributed by atoms with Gasteiger partial charge in [0.25, 0.3) is 5.56 Å². The quantitative estimate of drug-likeness (QED) is 0.667. The van der Waals surface area contributed by atoms with Gasteiger partial charge in [-0.2, -0.15) is 0 Å². The van der Waals surface area contributed by atoms with Gasteiger partial charge in [-0.3, -0.25) is 4.79 Å². The molecule has 14 heavy (non-hydrogen) atoms. The van der Waals surface area contributed by atoms with Crippen molar-refractivity contribution in [2.75, 3.05) is 13.7 Å². The molecule has 1 heterocycles. The number of rotatable bonds is 3. The smallest absolute Gasteiger partial charge is 0.339 e. The van der Waals surface area contributed by atoms with Crippen LogP contribution in [0.3, 0.4) is 0 Å². The van der Waals surface area contributed by atoms with Crippen LogP contribution in [0.4, 0.5) is 0 Å². The molecule has 0 amide bonds. The highest BCUT2D eigenvalue weighted by Gasteiger charge is 2.06. The molecule has 0 aliphatic heterocycles. The second-order valence-corrected chi connectivity index (χ2v) is 2.73. The van der Waals surface area contributed by atoms with Crippen LogP contribution in [0.15, 0.2) is 23.1 Å². The zero-order valence-electron chi connectivity index (χ0n) is 7.90. The highest BCUT2D eigenvalue weighted by atomic mass is 16.5. The number of ether oxygens (including phenoxy) is 1. The van der Waals surface area contributed by atoms with E-state index in [9.17, 15) is 9.59 Å². The van der Waals surface area contributed by atoms with E-state index in [1.54, 1.807) is 0 Å². The number of methoxy groups -OCH3 is 1. The van der Waals surface area contributed by atoms with Gasteiger partial charge in [0, 0.05) is 25.4 Å². The van der Waals surface area contributed by atoms with E-state index in [0.717, 1.165) is 0 Å². The van der Waals surface area contributed by atoms with Gasteiger partial charge < -0.3 is 15.0 Å². The van der Waals surface area contributed by atoms with E-state index in [4.69, 9.17) is 5.73 Å². The van der Waals surface area contributed by atoms with Gasteiger partial charge in [0.2, 0.25) is 0 Å². The van der Waals surface area contributed by atoms with Gasteiger partial charge in [-0.15, -0.1) is 0 Å². The van der Waals surface area contributed by atoms with Gasteiger partial charge >= 0.3 is 5.97 Å². The first-order valence-electron chi connectivity index (χ1n) is 4.18. The molecule has 5 nitrogen and oxygen atoms in total. The Kier molecular flexibility index (Phi) is 3.41. The lowest BCUT2D eigenvalue weighted by molar-refractivity contribution is 0.0599. The molecule has 0 radical (unpaired) electrons. The van der Waals surface area contributed by atoms with Crippen molar-refractivity contribution in [2.45, 2.75) is 6.54 Å². The molecule has 1 rings (SSSR count). The van der Waals surface area contributed by atoms with Crippen molar-refractivity contribution in [3.8, 4) is 0 Å². The number of hydrogen-bond acceptors (Lipinski definition) is 4. The first-order chi connectivity index (χ1) is 6.69. The Morgan fingerprint density at radius 1 is 1.57 bits per heavy atom. The number of pyridine rings is 1. The third-order valence-corrected chi connectivity index (χ3v) is 1.77. The SMILES string of the molecule is COC(=O)c1ccc(=O)n(CCN)c1. The zero-order valence-corrected chi connectivity index (χ0v) is 7.90. The van der Waals surface area contributed by atoms with Crippen LogP contribution in [0, 0.1) is 0 Å². The Labute approximate surface area is 81.1 Å². The number of carbonyl (C=O) groups is 1. The van der Waals surface area contributed by atoms with Crippen molar-refractivity contribution in [1.29, 1.82) is 0 Å². The van der Waals surface area contributed by atoms with Gasteiger partial charge in [0.05, 0.1) is 12.7 Å². The first-order valence-corrected chi connectivity index (χ1v) is 4.18. The van der Waals surface area contributed by atoms with Gasteiger partial charge in [-0.05, 0) is 6.07 Å². The molecule has 0 spiro atoms. The number of hydrogen-bond donors (Lipinski definition) is 1. The Morgan fingerprint density at radius 3 is 2.86 bits per heavy atom. The normalized spacial score (nSPS) is 9.86. The highest BCUT2D eigenvalue weighted by Crippen LogP contribution is 1.97. The van der Waals surface area contributed by atoms with E-state index in [1.807, 2.05) is 0 Å². The first kappa shape index (κ1) is 10.5. The predicted octanol–water partition coefficient (Wildman–Crippen LogP) is -0.406. The summed E-state index contributed by atoms with van der Waals surface area (Å²) in [6.45, 7) is 0.744. The Balaban J connectivity index is 3.06. The van der Waals surface area contributed by atoms with E-state index in [0.29, 0.717) is 18.7 Å².